The van der Waals surface area contributed by atoms with E-state index in [0.717, 1.165) is 11.3 Å². The summed E-state index contributed by atoms with van der Waals surface area (Å²) in [6, 6.07) is 8.33. The van der Waals surface area contributed by atoms with Gasteiger partial charge in [-0.25, -0.2) is 13.4 Å². The Kier molecular flexibility index (Phi) is 6.76. The summed E-state index contributed by atoms with van der Waals surface area (Å²) in [6.07, 6.45) is 0. The quantitative estimate of drug-likeness (QED) is 0.569. The lowest BCUT2D eigenvalue weighted by atomic mass is 10.0. The second-order valence-corrected chi connectivity index (χ2v) is 9.55. The molecule has 3 aromatic rings. The minimum absolute atomic E-state index is 0.127. The topological polar surface area (TPSA) is 105 Å². The highest BCUT2D eigenvalue weighted by atomic mass is 32.2. The zero-order chi connectivity index (χ0) is 22.8. The van der Waals surface area contributed by atoms with Gasteiger partial charge in [0, 0.05) is 25.3 Å². The van der Waals surface area contributed by atoms with Gasteiger partial charge in [-0.3, -0.25) is 4.79 Å². The summed E-state index contributed by atoms with van der Waals surface area (Å²) in [4.78, 5) is 17.6. The first-order valence-electron chi connectivity index (χ1n) is 10.3. The van der Waals surface area contributed by atoms with Crippen LogP contribution in [-0.4, -0.2) is 41.9 Å². The summed E-state index contributed by atoms with van der Waals surface area (Å²) in [5.41, 5.74) is 2.96. The Morgan fingerprint density at radius 2 is 1.81 bits per heavy atom. The van der Waals surface area contributed by atoms with Gasteiger partial charge < -0.3 is 9.84 Å². The van der Waals surface area contributed by atoms with E-state index in [1.165, 1.54) is 4.31 Å². The first-order valence-corrected chi connectivity index (χ1v) is 11.8. The summed E-state index contributed by atoms with van der Waals surface area (Å²) >= 11 is 0. The maximum atomic E-state index is 12.9. The molecular weight excluding hydrogens is 416 g/mol. The monoisotopic (exact) mass is 444 g/mol. The van der Waals surface area contributed by atoms with Crippen LogP contribution in [0.5, 0.6) is 0 Å². The van der Waals surface area contributed by atoms with Crippen LogP contribution in [-0.2, 0) is 16.6 Å². The molecular formula is C22H28N4O4S. The highest BCUT2D eigenvalue weighted by Gasteiger charge is 2.22. The Morgan fingerprint density at radius 3 is 2.39 bits per heavy atom. The van der Waals surface area contributed by atoms with E-state index >= 15 is 0 Å². The van der Waals surface area contributed by atoms with Crippen LogP contribution >= 0.6 is 0 Å². The number of aryl methyl sites for hydroxylation is 1. The van der Waals surface area contributed by atoms with E-state index in [2.05, 4.69) is 15.5 Å². The average molecular weight is 445 g/mol. The van der Waals surface area contributed by atoms with Crippen LogP contribution in [0.1, 0.15) is 60.9 Å². The SMILES string of the molecule is CCN(CC)S(=O)(=O)c1ccc(CNC(=O)c2cc(C(C)C)nc3onc(C)c23)cc1. The molecule has 0 unspecified atom stereocenters. The number of fused-ring (bicyclic) bond motifs is 1. The number of nitrogens with one attached hydrogen (secondary N) is 1. The van der Waals surface area contributed by atoms with Gasteiger partial charge in [0.2, 0.25) is 10.0 Å². The number of pyridine rings is 1. The number of nitrogens with zero attached hydrogens (tertiary/aromatic N) is 3. The molecule has 0 aliphatic rings. The van der Waals surface area contributed by atoms with Crippen molar-refractivity contribution in [2.45, 2.75) is 52.0 Å². The van der Waals surface area contributed by atoms with Crippen molar-refractivity contribution in [2.24, 2.45) is 0 Å². The van der Waals surface area contributed by atoms with E-state index in [9.17, 15) is 13.2 Å². The van der Waals surface area contributed by atoms with Gasteiger partial charge in [0.05, 0.1) is 21.5 Å². The van der Waals surface area contributed by atoms with E-state index in [1.54, 1.807) is 37.3 Å². The van der Waals surface area contributed by atoms with Crippen molar-refractivity contribution in [2.75, 3.05) is 13.1 Å². The van der Waals surface area contributed by atoms with E-state index in [4.69, 9.17) is 4.52 Å². The van der Waals surface area contributed by atoms with Gasteiger partial charge in [0.25, 0.3) is 11.6 Å². The minimum atomic E-state index is -3.51. The summed E-state index contributed by atoms with van der Waals surface area (Å²) in [7, 11) is -3.51. The number of benzene rings is 1. The second kappa shape index (κ2) is 9.15. The molecule has 0 aliphatic carbocycles. The van der Waals surface area contributed by atoms with Crippen LogP contribution in [0.3, 0.4) is 0 Å². The summed E-state index contributed by atoms with van der Waals surface area (Å²) < 4.78 is 31.9. The molecule has 1 N–H and O–H groups in total. The fraction of sp³-hybridized carbons (Fsp3) is 0.409. The Hall–Kier alpha value is -2.78. The standard InChI is InChI=1S/C22H28N4O4S/c1-6-26(7-2)31(28,29)17-10-8-16(9-11-17)13-23-21(27)18-12-19(14(3)4)24-22-20(18)15(5)25-30-22/h8-12,14H,6-7,13H2,1-5H3,(H,23,27). The van der Waals surface area contributed by atoms with Crippen LogP contribution in [0.25, 0.3) is 11.1 Å². The van der Waals surface area contributed by atoms with Crippen LogP contribution in [0.15, 0.2) is 39.8 Å². The maximum absolute atomic E-state index is 12.9. The van der Waals surface area contributed by atoms with Crippen molar-refractivity contribution in [3.63, 3.8) is 0 Å². The molecule has 0 saturated carbocycles. The zero-order valence-electron chi connectivity index (χ0n) is 18.5. The number of rotatable bonds is 8. The molecule has 2 heterocycles. The predicted octanol–water partition coefficient (Wildman–Crippen LogP) is 3.62. The van der Waals surface area contributed by atoms with Crippen molar-refractivity contribution in [1.29, 1.82) is 0 Å². The number of amides is 1. The fourth-order valence-corrected chi connectivity index (χ4v) is 4.82. The molecule has 0 atom stereocenters. The van der Waals surface area contributed by atoms with Crippen LogP contribution in [0.4, 0.5) is 0 Å². The van der Waals surface area contributed by atoms with Crippen molar-refractivity contribution in [1.82, 2.24) is 19.8 Å². The molecule has 0 spiro atoms. The number of aromatic nitrogens is 2. The number of carbonyl (C=O) groups is 1. The molecule has 1 aromatic carbocycles. The van der Waals surface area contributed by atoms with Gasteiger partial charge in [-0.05, 0) is 36.6 Å². The Morgan fingerprint density at radius 1 is 1.16 bits per heavy atom. The van der Waals surface area contributed by atoms with Gasteiger partial charge in [-0.15, -0.1) is 0 Å². The number of hydrogen-bond donors (Lipinski definition) is 1. The molecule has 2 aromatic heterocycles. The lowest BCUT2D eigenvalue weighted by Gasteiger charge is -2.18. The smallest absolute Gasteiger partial charge is 0.259 e. The molecule has 0 radical (unpaired) electrons. The third-order valence-electron chi connectivity index (χ3n) is 5.19. The predicted molar refractivity (Wildman–Crippen MR) is 118 cm³/mol. The molecule has 1 amide bonds. The second-order valence-electron chi connectivity index (χ2n) is 7.61. The summed E-state index contributed by atoms with van der Waals surface area (Å²) in [5.74, 6) is -0.137. The van der Waals surface area contributed by atoms with Crippen molar-refractivity contribution < 1.29 is 17.7 Å². The third-order valence-corrected chi connectivity index (χ3v) is 7.26. The van der Waals surface area contributed by atoms with Crippen molar-refractivity contribution in [3.05, 3.63) is 52.8 Å². The highest BCUT2D eigenvalue weighted by molar-refractivity contribution is 7.89. The Labute approximate surface area is 182 Å². The molecule has 0 fully saturated rings. The maximum Gasteiger partial charge on any atom is 0.259 e. The molecule has 0 bridgehead atoms. The first-order chi connectivity index (χ1) is 14.7. The number of sulfonamides is 1. The van der Waals surface area contributed by atoms with E-state index in [0.29, 0.717) is 35.4 Å². The molecule has 3 rings (SSSR count). The summed E-state index contributed by atoms with van der Waals surface area (Å²) in [6.45, 7) is 10.5. The van der Waals surface area contributed by atoms with Crippen LogP contribution in [0.2, 0.25) is 0 Å². The molecule has 8 nitrogen and oxygen atoms in total. The van der Waals surface area contributed by atoms with Crippen LogP contribution < -0.4 is 5.32 Å². The Bertz CT molecular complexity index is 1180. The normalized spacial score (nSPS) is 12.1. The van der Waals surface area contributed by atoms with E-state index in [1.807, 2.05) is 27.7 Å². The lowest BCUT2D eigenvalue weighted by Crippen LogP contribution is -2.30. The van der Waals surface area contributed by atoms with Crippen LogP contribution in [0, 0.1) is 6.92 Å². The van der Waals surface area contributed by atoms with Gasteiger partial charge in [0.15, 0.2) is 0 Å². The van der Waals surface area contributed by atoms with Crippen molar-refractivity contribution >= 4 is 27.0 Å². The molecule has 0 saturated heterocycles. The minimum Gasteiger partial charge on any atom is -0.348 e. The van der Waals surface area contributed by atoms with E-state index < -0.39 is 10.0 Å². The summed E-state index contributed by atoms with van der Waals surface area (Å²) in [5, 5.41) is 7.44. The van der Waals surface area contributed by atoms with Gasteiger partial charge >= 0.3 is 0 Å². The molecule has 31 heavy (non-hydrogen) atoms. The van der Waals surface area contributed by atoms with Gasteiger partial charge in [0.1, 0.15) is 0 Å². The van der Waals surface area contributed by atoms with E-state index in [-0.39, 0.29) is 23.3 Å². The lowest BCUT2D eigenvalue weighted by molar-refractivity contribution is 0.0952. The first kappa shape index (κ1) is 22.9. The number of carbonyl (C=O) groups excluding carboxylic acids is 1. The zero-order valence-corrected chi connectivity index (χ0v) is 19.3. The molecule has 9 heteroatoms. The van der Waals surface area contributed by atoms with Crippen molar-refractivity contribution in [3.8, 4) is 0 Å². The average Bonchev–Trinajstić information content (AvgIpc) is 3.13. The number of hydrogen-bond acceptors (Lipinski definition) is 6. The third kappa shape index (κ3) is 4.62. The molecule has 166 valence electrons. The fourth-order valence-electron chi connectivity index (χ4n) is 3.36. The highest BCUT2D eigenvalue weighted by Crippen LogP contribution is 2.25. The Balaban J connectivity index is 1.79. The largest absolute Gasteiger partial charge is 0.348 e. The van der Waals surface area contributed by atoms with Gasteiger partial charge in [-0.2, -0.15) is 4.31 Å². The van der Waals surface area contributed by atoms with Gasteiger partial charge in [-0.1, -0.05) is 45.0 Å². The molecule has 0 aliphatic heterocycles.